The smallest absolute Gasteiger partial charge is 0.289 e. The van der Waals surface area contributed by atoms with Crippen LogP contribution in [0.4, 0.5) is 0 Å². The van der Waals surface area contributed by atoms with Crippen LogP contribution in [-0.4, -0.2) is 35.6 Å². The highest BCUT2D eigenvalue weighted by Crippen LogP contribution is 2.43. The summed E-state index contributed by atoms with van der Waals surface area (Å²) in [6, 6.07) is 11.3. The number of piperidine rings is 1. The van der Waals surface area contributed by atoms with Crippen LogP contribution in [0.2, 0.25) is 0 Å². The van der Waals surface area contributed by atoms with Gasteiger partial charge in [0.05, 0.1) is 7.11 Å². The molecule has 3 aromatic rings. The van der Waals surface area contributed by atoms with Gasteiger partial charge in [0.2, 0.25) is 0 Å². The minimum atomic E-state index is -0.0654. The van der Waals surface area contributed by atoms with Gasteiger partial charge < -0.3 is 18.6 Å². The van der Waals surface area contributed by atoms with Crippen molar-refractivity contribution in [3.8, 4) is 5.75 Å². The number of hydrogen-bond acceptors (Lipinski definition) is 4. The van der Waals surface area contributed by atoms with Crippen molar-refractivity contribution in [1.29, 1.82) is 0 Å². The van der Waals surface area contributed by atoms with E-state index < -0.39 is 0 Å². The Bertz CT molecular complexity index is 1210. The van der Waals surface area contributed by atoms with E-state index >= 15 is 0 Å². The van der Waals surface area contributed by atoms with Crippen LogP contribution in [0.3, 0.4) is 0 Å². The van der Waals surface area contributed by atoms with Gasteiger partial charge in [-0.3, -0.25) is 9.59 Å². The number of rotatable bonds is 4. The van der Waals surface area contributed by atoms with E-state index in [1.807, 2.05) is 40.7 Å². The number of carbonyl (C=O) groups excluding carboxylic acids is 1. The van der Waals surface area contributed by atoms with Crippen LogP contribution in [0.5, 0.6) is 5.75 Å². The highest BCUT2D eigenvalue weighted by molar-refractivity contribution is 5.99. The number of nitrogens with zero attached hydrogens (tertiary/aromatic N) is 2. The zero-order valence-corrected chi connectivity index (χ0v) is 18.3. The lowest BCUT2D eigenvalue weighted by Gasteiger charge is -2.47. The summed E-state index contributed by atoms with van der Waals surface area (Å²) >= 11 is 0. The lowest BCUT2D eigenvalue weighted by atomic mass is 9.77. The van der Waals surface area contributed by atoms with Crippen LogP contribution in [-0.2, 0) is 0 Å². The fraction of sp³-hybridized carbons (Fsp3) is 0.440. The van der Waals surface area contributed by atoms with Gasteiger partial charge in [-0.1, -0.05) is 19.4 Å². The molecule has 31 heavy (non-hydrogen) atoms. The van der Waals surface area contributed by atoms with E-state index in [0.29, 0.717) is 30.2 Å². The van der Waals surface area contributed by atoms with Crippen molar-refractivity contribution in [2.45, 2.75) is 45.1 Å². The summed E-state index contributed by atoms with van der Waals surface area (Å²) in [6.45, 7) is 5.35. The van der Waals surface area contributed by atoms with Crippen molar-refractivity contribution in [1.82, 2.24) is 9.47 Å². The van der Waals surface area contributed by atoms with E-state index in [4.69, 9.17) is 9.15 Å². The molecule has 2 aliphatic rings. The first-order valence-electron chi connectivity index (χ1n) is 11.1. The number of pyridine rings is 1. The van der Waals surface area contributed by atoms with Crippen LogP contribution in [0.1, 0.15) is 60.0 Å². The summed E-state index contributed by atoms with van der Waals surface area (Å²) in [7, 11) is 1.62. The molecule has 5 rings (SSSR count). The van der Waals surface area contributed by atoms with Gasteiger partial charge in [-0.25, -0.2) is 0 Å². The normalized spacial score (nSPS) is 22.4. The van der Waals surface area contributed by atoms with Gasteiger partial charge in [-0.05, 0) is 43.9 Å². The van der Waals surface area contributed by atoms with Gasteiger partial charge in [-0.15, -0.1) is 0 Å². The molecule has 0 aliphatic carbocycles. The second-order valence-corrected chi connectivity index (χ2v) is 8.84. The van der Waals surface area contributed by atoms with Gasteiger partial charge >= 0.3 is 0 Å². The first-order valence-corrected chi connectivity index (χ1v) is 11.1. The molecule has 4 heterocycles. The van der Waals surface area contributed by atoms with Crippen molar-refractivity contribution in [2.24, 2.45) is 5.92 Å². The lowest BCUT2D eigenvalue weighted by molar-refractivity contribution is 0.0491. The summed E-state index contributed by atoms with van der Waals surface area (Å²) in [5.41, 5.74) is 2.66. The fourth-order valence-electron chi connectivity index (χ4n) is 5.55. The summed E-state index contributed by atoms with van der Waals surface area (Å²) in [4.78, 5) is 28.2. The molecule has 6 nitrogen and oxygen atoms in total. The molecule has 1 saturated heterocycles. The number of benzene rings is 1. The van der Waals surface area contributed by atoms with Gasteiger partial charge in [0.1, 0.15) is 11.3 Å². The Morgan fingerprint density at radius 1 is 1.23 bits per heavy atom. The number of carbonyl (C=O) groups is 1. The Hall–Kier alpha value is -3.02. The SMILES string of the molecule is CCC[C@H]1[C@H]2C[C@H](CN(C(=O)c3oc4cc(OC)ccc4c3C)C2)c2cccc(=O)n21. The van der Waals surface area contributed by atoms with Crippen molar-refractivity contribution in [3.05, 3.63) is 63.8 Å². The molecule has 1 amide bonds. The predicted molar refractivity (Wildman–Crippen MR) is 119 cm³/mol. The highest BCUT2D eigenvalue weighted by Gasteiger charge is 2.42. The number of furan rings is 1. The molecule has 3 atom stereocenters. The molecule has 1 aromatic carbocycles. The molecular weight excluding hydrogens is 392 g/mol. The third-order valence-corrected chi connectivity index (χ3v) is 7.01. The number of aryl methyl sites for hydroxylation is 1. The maximum Gasteiger partial charge on any atom is 0.289 e. The quantitative estimate of drug-likeness (QED) is 0.623. The van der Waals surface area contributed by atoms with E-state index in [1.54, 1.807) is 13.2 Å². The average molecular weight is 421 g/mol. The molecule has 0 N–H and O–H groups in total. The first-order chi connectivity index (χ1) is 15.0. The highest BCUT2D eigenvalue weighted by atomic mass is 16.5. The number of aromatic nitrogens is 1. The lowest BCUT2D eigenvalue weighted by Crippen LogP contribution is -2.51. The van der Waals surface area contributed by atoms with Crippen LogP contribution in [0.15, 0.2) is 45.6 Å². The maximum atomic E-state index is 13.6. The summed E-state index contributed by atoms with van der Waals surface area (Å²) in [5.74, 6) is 1.50. The molecule has 0 unspecified atom stereocenters. The number of hydrogen-bond donors (Lipinski definition) is 0. The minimum absolute atomic E-state index is 0.0654. The molecule has 0 spiro atoms. The first kappa shape index (κ1) is 19.9. The van der Waals surface area contributed by atoms with Gasteiger partial charge in [0.25, 0.3) is 11.5 Å². The van der Waals surface area contributed by atoms with Gasteiger partial charge in [0.15, 0.2) is 5.76 Å². The van der Waals surface area contributed by atoms with Crippen molar-refractivity contribution in [3.63, 3.8) is 0 Å². The van der Waals surface area contributed by atoms with E-state index in [0.717, 1.165) is 35.9 Å². The Balaban J connectivity index is 1.51. The van der Waals surface area contributed by atoms with E-state index in [1.165, 1.54) is 0 Å². The Labute approximate surface area is 181 Å². The molecule has 2 bridgehead atoms. The minimum Gasteiger partial charge on any atom is -0.497 e. The number of amides is 1. The molecule has 162 valence electrons. The zero-order chi connectivity index (χ0) is 21.7. The Kier molecular flexibility index (Phi) is 4.88. The maximum absolute atomic E-state index is 13.6. The molecule has 0 radical (unpaired) electrons. The number of methoxy groups -OCH3 is 1. The van der Waals surface area contributed by atoms with Crippen molar-refractivity contribution in [2.75, 3.05) is 20.2 Å². The van der Waals surface area contributed by atoms with Crippen LogP contribution in [0.25, 0.3) is 11.0 Å². The van der Waals surface area contributed by atoms with Crippen molar-refractivity contribution < 1.29 is 13.9 Å². The molecule has 2 aliphatic heterocycles. The van der Waals surface area contributed by atoms with Crippen LogP contribution < -0.4 is 10.3 Å². The van der Waals surface area contributed by atoms with E-state index in [9.17, 15) is 9.59 Å². The van der Waals surface area contributed by atoms with Crippen LogP contribution >= 0.6 is 0 Å². The van der Waals surface area contributed by atoms with E-state index in [-0.39, 0.29) is 29.3 Å². The fourth-order valence-corrected chi connectivity index (χ4v) is 5.55. The second kappa shape index (κ2) is 7.59. The molecule has 2 aromatic heterocycles. The number of fused-ring (bicyclic) bond motifs is 5. The molecule has 6 heteroatoms. The Morgan fingerprint density at radius 2 is 2.06 bits per heavy atom. The van der Waals surface area contributed by atoms with Gasteiger partial charge in [0, 0.05) is 53.8 Å². The second-order valence-electron chi connectivity index (χ2n) is 8.84. The standard InChI is InChI=1S/C25H28N2O4/c1-4-6-20-16-11-17(21-7-5-8-23(28)27(20)21)14-26(13-16)25(29)24-15(2)19-10-9-18(30-3)12-22(19)31-24/h5,7-10,12,16-17,20H,4,6,11,13-14H2,1-3H3/t16-,17+,20-/m0/s1. The Morgan fingerprint density at radius 3 is 2.84 bits per heavy atom. The summed E-state index contributed by atoms with van der Waals surface area (Å²) in [5, 5.41) is 0.933. The third kappa shape index (κ3) is 3.16. The molecule has 1 fully saturated rings. The third-order valence-electron chi connectivity index (χ3n) is 7.01. The average Bonchev–Trinajstić information content (AvgIpc) is 3.11. The predicted octanol–water partition coefficient (Wildman–Crippen LogP) is 4.51. The number of likely N-dealkylation sites (tertiary alicyclic amines) is 1. The van der Waals surface area contributed by atoms with Crippen LogP contribution in [0, 0.1) is 12.8 Å². The summed E-state index contributed by atoms with van der Waals surface area (Å²) < 4.78 is 13.3. The molecule has 0 saturated carbocycles. The van der Waals surface area contributed by atoms with E-state index in [2.05, 4.69) is 13.0 Å². The van der Waals surface area contributed by atoms with Crippen molar-refractivity contribution >= 4 is 16.9 Å². The monoisotopic (exact) mass is 420 g/mol. The largest absolute Gasteiger partial charge is 0.497 e. The number of ether oxygens (including phenoxy) is 1. The zero-order valence-electron chi connectivity index (χ0n) is 18.3. The van der Waals surface area contributed by atoms with Gasteiger partial charge in [-0.2, -0.15) is 0 Å². The topological polar surface area (TPSA) is 64.7 Å². The molecular formula is C25H28N2O4. The summed E-state index contributed by atoms with van der Waals surface area (Å²) in [6.07, 6.45) is 2.97.